The van der Waals surface area contributed by atoms with E-state index in [9.17, 15) is 9.59 Å². The van der Waals surface area contributed by atoms with Crippen molar-refractivity contribution in [2.24, 2.45) is 0 Å². The van der Waals surface area contributed by atoms with E-state index >= 15 is 0 Å². The molecule has 0 fully saturated rings. The summed E-state index contributed by atoms with van der Waals surface area (Å²) < 4.78 is 5.11. The molecule has 3 aromatic rings. The topological polar surface area (TPSA) is 49.9 Å². The van der Waals surface area contributed by atoms with Crippen molar-refractivity contribution in [2.75, 3.05) is 23.0 Å². The fourth-order valence-corrected chi connectivity index (χ4v) is 4.91. The number of esters is 1. The van der Waals surface area contributed by atoms with Gasteiger partial charge < -0.3 is 14.5 Å². The lowest BCUT2D eigenvalue weighted by Gasteiger charge is -2.38. The van der Waals surface area contributed by atoms with Gasteiger partial charge in [0.05, 0.1) is 18.2 Å². The number of benzene rings is 3. The summed E-state index contributed by atoms with van der Waals surface area (Å²) in [6.45, 7) is 5.00. The van der Waals surface area contributed by atoms with E-state index in [0.29, 0.717) is 12.2 Å². The second-order valence-electron chi connectivity index (χ2n) is 8.74. The number of aryl methyl sites for hydroxylation is 1. The molecule has 1 atom stereocenters. The first-order valence-corrected chi connectivity index (χ1v) is 11.8. The number of anilines is 2. The number of hydrogen-bond donors (Lipinski definition) is 0. The number of nitrogens with zero attached hydrogens (tertiary/aromatic N) is 2. The van der Waals surface area contributed by atoms with E-state index in [1.807, 2.05) is 35.2 Å². The number of carbonyl (C=O) groups is 2. The molecule has 3 aromatic carbocycles. The molecule has 1 unspecified atom stereocenters. The minimum Gasteiger partial charge on any atom is -0.462 e. The predicted molar refractivity (Wildman–Crippen MR) is 134 cm³/mol. The second kappa shape index (κ2) is 9.18. The second-order valence-corrected chi connectivity index (χ2v) is 8.74. The third kappa shape index (κ3) is 3.98. The van der Waals surface area contributed by atoms with Gasteiger partial charge in [0.2, 0.25) is 0 Å². The van der Waals surface area contributed by atoms with Crippen LogP contribution >= 0.6 is 0 Å². The summed E-state index contributed by atoms with van der Waals surface area (Å²) in [5.41, 5.74) is 6.70. The number of rotatable bonds is 5. The SMILES string of the molecule is CCOC(=O)c1ccc(N2C(=O)C3=C(CC2c2ccccc2)N(c2ccc(C)cc2)CC3)cc1. The van der Waals surface area contributed by atoms with Crippen LogP contribution in [0.25, 0.3) is 0 Å². The van der Waals surface area contributed by atoms with E-state index in [1.165, 1.54) is 5.56 Å². The quantitative estimate of drug-likeness (QED) is 0.458. The van der Waals surface area contributed by atoms with Crippen molar-refractivity contribution in [1.29, 1.82) is 0 Å². The van der Waals surface area contributed by atoms with Gasteiger partial charge in [0, 0.05) is 35.6 Å². The molecule has 2 aliphatic rings. The fraction of sp³-hybridized carbons (Fsp3) is 0.241. The average Bonchev–Trinajstić information content (AvgIpc) is 3.30. The van der Waals surface area contributed by atoms with Crippen molar-refractivity contribution < 1.29 is 14.3 Å². The van der Waals surface area contributed by atoms with Crippen molar-refractivity contribution in [2.45, 2.75) is 32.7 Å². The molecule has 1 amide bonds. The highest BCUT2D eigenvalue weighted by Crippen LogP contribution is 2.44. The molecule has 0 aromatic heterocycles. The van der Waals surface area contributed by atoms with E-state index in [4.69, 9.17) is 4.74 Å². The number of carbonyl (C=O) groups excluding carboxylic acids is 2. The van der Waals surface area contributed by atoms with Gasteiger partial charge >= 0.3 is 5.97 Å². The molecule has 2 aliphatic heterocycles. The van der Waals surface area contributed by atoms with Gasteiger partial charge in [-0.1, -0.05) is 48.0 Å². The molecular formula is C29H28N2O3. The Kier molecular flexibility index (Phi) is 5.93. The summed E-state index contributed by atoms with van der Waals surface area (Å²) in [4.78, 5) is 30.2. The lowest BCUT2D eigenvalue weighted by Crippen LogP contribution is -2.40. The number of ether oxygens (including phenoxy) is 1. The minimum absolute atomic E-state index is 0.0357. The molecule has 5 nitrogen and oxygen atoms in total. The third-order valence-corrected chi connectivity index (χ3v) is 6.62. The summed E-state index contributed by atoms with van der Waals surface area (Å²) in [6, 6.07) is 25.7. The Morgan fingerprint density at radius 2 is 1.62 bits per heavy atom. The fourth-order valence-electron chi connectivity index (χ4n) is 4.91. The summed E-state index contributed by atoms with van der Waals surface area (Å²) >= 11 is 0. The third-order valence-electron chi connectivity index (χ3n) is 6.62. The van der Waals surface area contributed by atoms with Crippen LogP contribution < -0.4 is 9.80 Å². The van der Waals surface area contributed by atoms with E-state index < -0.39 is 0 Å². The Bertz CT molecular complexity index is 1230. The Hall–Kier alpha value is -3.86. The van der Waals surface area contributed by atoms with E-state index in [2.05, 4.69) is 48.2 Å². The first-order valence-electron chi connectivity index (χ1n) is 11.8. The van der Waals surface area contributed by atoms with Crippen LogP contribution in [0.4, 0.5) is 11.4 Å². The zero-order chi connectivity index (χ0) is 23.7. The van der Waals surface area contributed by atoms with Crippen molar-refractivity contribution >= 4 is 23.3 Å². The molecule has 0 spiro atoms. The summed E-state index contributed by atoms with van der Waals surface area (Å²) in [7, 11) is 0. The minimum atomic E-state index is -0.354. The molecule has 5 heteroatoms. The van der Waals surface area contributed by atoms with Gasteiger partial charge in [-0.3, -0.25) is 4.79 Å². The van der Waals surface area contributed by atoms with Crippen molar-refractivity contribution in [1.82, 2.24) is 0 Å². The van der Waals surface area contributed by atoms with Crippen LogP contribution in [0.5, 0.6) is 0 Å². The van der Waals surface area contributed by atoms with Crippen LogP contribution in [-0.2, 0) is 9.53 Å². The van der Waals surface area contributed by atoms with Gasteiger partial charge in [-0.2, -0.15) is 0 Å². The Morgan fingerprint density at radius 3 is 2.29 bits per heavy atom. The summed E-state index contributed by atoms with van der Waals surface area (Å²) in [6.07, 6.45) is 1.46. The van der Waals surface area contributed by atoms with Gasteiger partial charge in [-0.25, -0.2) is 4.79 Å². The van der Waals surface area contributed by atoms with Crippen LogP contribution in [-0.4, -0.2) is 25.0 Å². The average molecular weight is 453 g/mol. The molecule has 0 saturated carbocycles. The highest BCUT2D eigenvalue weighted by atomic mass is 16.5. The van der Waals surface area contributed by atoms with Gasteiger partial charge in [0.1, 0.15) is 0 Å². The summed E-state index contributed by atoms with van der Waals surface area (Å²) in [5.74, 6) is -0.318. The van der Waals surface area contributed by atoms with E-state index in [-0.39, 0.29) is 17.9 Å². The molecule has 34 heavy (non-hydrogen) atoms. The van der Waals surface area contributed by atoms with E-state index in [1.54, 1.807) is 19.1 Å². The van der Waals surface area contributed by atoms with Crippen LogP contribution in [0.2, 0.25) is 0 Å². The van der Waals surface area contributed by atoms with Crippen molar-refractivity contribution in [3.8, 4) is 0 Å². The zero-order valence-corrected chi connectivity index (χ0v) is 19.5. The first-order chi connectivity index (χ1) is 16.6. The molecule has 2 heterocycles. The van der Waals surface area contributed by atoms with Gasteiger partial charge in [-0.15, -0.1) is 0 Å². The maximum absolute atomic E-state index is 13.9. The number of amides is 1. The molecule has 0 saturated heterocycles. The molecule has 172 valence electrons. The van der Waals surface area contributed by atoms with Crippen LogP contribution in [0.1, 0.15) is 47.3 Å². The molecular weight excluding hydrogens is 424 g/mol. The zero-order valence-electron chi connectivity index (χ0n) is 19.5. The maximum Gasteiger partial charge on any atom is 0.338 e. The highest BCUT2D eigenvalue weighted by molar-refractivity contribution is 6.09. The highest BCUT2D eigenvalue weighted by Gasteiger charge is 2.40. The lowest BCUT2D eigenvalue weighted by molar-refractivity contribution is -0.116. The predicted octanol–water partition coefficient (Wildman–Crippen LogP) is 5.81. The van der Waals surface area contributed by atoms with Crippen molar-refractivity contribution in [3.05, 3.63) is 107 Å². The smallest absolute Gasteiger partial charge is 0.338 e. The van der Waals surface area contributed by atoms with Gasteiger partial charge in [0.15, 0.2) is 0 Å². The monoisotopic (exact) mass is 452 g/mol. The van der Waals surface area contributed by atoms with Crippen molar-refractivity contribution in [3.63, 3.8) is 0 Å². The van der Waals surface area contributed by atoms with Gasteiger partial charge in [-0.05, 0) is 62.2 Å². The molecule has 0 N–H and O–H groups in total. The lowest BCUT2D eigenvalue weighted by atomic mass is 9.92. The van der Waals surface area contributed by atoms with Crippen LogP contribution in [0, 0.1) is 6.92 Å². The largest absolute Gasteiger partial charge is 0.462 e. The molecule has 0 bridgehead atoms. The van der Waals surface area contributed by atoms with Gasteiger partial charge in [0.25, 0.3) is 5.91 Å². The normalized spacial score (nSPS) is 17.7. The first kappa shape index (κ1) is 22.0. The molecule has 5 rings (SSSR count). The molecule has 0 aliphatic carbocycles. The number of hydrogen-bond acceptors (Lipinski definition) is 4. The standard InChI is InChI=1S/C29H28N2O3/c1-3-34-29(33)22-11-15-24(16-12-22)31-26(21-7-5-4-6-8-21)19-27-25(28(31)32)17-18-30(27)23-13-9-20(2)10-14-23/h4-16,26H,3,17-19H2,1-2H3. The van der Waals surface area contributed by atoms with Crippen LogP contribution in [0.3, 0.4) is 0 Å². The Morgan fingerprint density at radius 1 is 0.941 bits per heavy atom. The Labute approximate surface area is 200 Å². The van der Waals surface area contributed by atoms with E-state index in [0.717, 1.165) is 47.6 Å². The Balaban J connectivity index is 1.54. The maximum atomic E-state index is 13.9. The van der Waals surface area contributed by atoms with Crippen LogP contribution in [0.15, 0.2) is 90.1 Å². The molecule has 0 radical (unpaired) electrons. The summed E-state index contributed by atoms with van der Waals surface area (Å²) in [5, 5.41) is 0.